The highest BCUT2D eigenvalue weighted by atomic mass is 16.4. The van der Waals surface area contributed by atoms with Crippen molar-refractivity contribution >= 4 is 11.9 Å². The van der Waals surface area contributed by atoms with Crippen LogP contribution in [0.15, 0.2) is 24.3 Å². The fourth-order valence-corrected chi connectivity index (χ4v) is 2.12. The molecule has 0 unspecified atom stereocenters. The van der Waals surface area contributed by atoms with Gasteiger partial charge in [0.25, 0.3) is 0 Å². The Kier molecular flexibility index (Phi) is 12.4. The maximum Gasteiger partial charge on any atom is 0.335 e. The molecule has 0 amide bonds. The van der Waals surface area contributed by atoms with Crippen molar-refractivity contribution in [3.05, 3.63) is 35.4 Å². The Balaban J connectivity index is 0.000000441. The molecule has 0 heterocycles. The summed E-state index contributed by atoms with van der Waals surface area (Å²) in [4.78, 5) is 20.8. The van der Waals surface area contributed by atoms with Crippen LogP contribution in [-0.4, -0.2) is 28.3 Å². The molecule has 0 aromatic heterocycles. The van der Waals surface area contributed by atoms with E-state index in [0.717, 1.165) is 12.5 Å². The maximum absolute atomic E-state index is 10.4. The number of rotatable bonds is 10. The molecule has 0 aliphatic carbocycles. The van der Waals surface area contributed by atoms with Crippen LogP contribution >= 0.6 is 0 Å². The second-order valence-electron chi connectivity index (χ2n) is 5.76. The van der Waals surface area contributed by atoms with Gasteiger partial charge in [0.05, 0.1) is 17.3 Å². The van der Waals surface area contributed by atoms with E-state index in [1.807, 2.05) is 0 Å². The van der Waals surface area contributed by atoms with Crippen LogP contribution in [0.1, 0.15) is 79.0 Å². The molecule has 6 heteroatoms. The lowest BCUT2D eigenvalue weighted by molar-refractivity contribution is 0.0696. The number of carboxylic acid groups (broad SMARTS) is 2. The molecule has 0 aliphatic heterocycles. The number of hydrogen-bond donors (Lipinski definition) is 4. The molecule has 6 nitrogen and oxygen atoms in total. The zero-order valence-electron chi connectivity index (χ0n) is 14.4. The average molecular weight is 338 g/mol. The van der Waals surface area contributed by atoms with Gasteiger partial charge in [-0.2, -0.15) is 0 Å². The van der Waals surface area contributed by atoms with Gasteiger partial charge >= 0.3 is 11.9 Å². The lowest BCUT2D eigenvalue weighted by Gasteiger charge is -2.04. The monoisotopic (exact) mass is 338 g/mol. The van der Waals surface area contributed by atoms with E-state index in [2.05, 4.69) is 6.92 Å². The molecule has 136 valence electrons. The summed E-state index contributed by atoms with van der Waals surface area (Å²) in [6.45, 7) is 2.24. The quantitative estimate of drug-likeness (QED) is 0.382. The standard InChI is InChI=1S/C10H24N2.C8H6O4/c1-2-3-4-5-6-7-8-9-10(11)12;9-7(10)5-2-1-3-6(4-5)8(11)12/h10H,2-9,11-12H2,1H3;1-4H,(H,9,10)(H,11,12). The predicted molar refractivity (Wildman–Crippen MR) is 95.1 cm³/mol. The molecular weight excluding hydrogens is 308 g/mol. The van der Waals surface area contributed by atoms with Crippen LogP contribution in [0.5, 0.6) is 0 Å². The Hall–Kier alpha value is -1.92. The first-order valence-corrected chi connectivity index (χ1v) is 8.46. The van der Waals surface area contributed by atoms with Gasteiger partial charge in [-0.1, -0.05) is 57.9 Å². The number of unbranched alkanes of at least 4 members (excludes halogenated alkanes) is 6. The summed E-state index contributed by atoms with van der Waals surface area (Å²) in [6, 6.07) is 5.20. The van der Waals surface area contributed by atoms with Crippen molar-refractivity contribution < 1.29 is 19.8 Å². The summed E-state index contributed by atoms with van der Waals surface area (Å²) >= 11 is 0. The molecular formula is C18H30N2O4. The van der Waals surface area contributed by atoms with Crippen molar-refractivity contribution in [1.29, 1.82) is 0 Å². The highest BCUT2D eigenvalue weighted by Crippen LogP contribution is 2.08. The molecule has 0 fully saturated rings. The van der Waals surface area contributed by atoms with Crippen LogP contribution in [0.2, 0.25) is 0 Å². The highest BCUT2D eigenvalue weighted by molar-refractivity contribution is 5.93. The van der Waals surface area contributed by atoms with E-state index in [9.17, 15) is 9.59 Å². The van der Waals surface area contributed by atoms with Crippen molar-refractivity contribution in [1.82, 2.24) is 0 Å². The lowest BCUT2D eigenvalue weighted by atomic mass is 10.1. The van der Waals surface area contributed by atoms with E-state index in [1.54, 1.807) is 0 Å². The third kappa shape index (κ3) is 11.6. The number of benzene rings is 1. The smallest absolute Gasteiger partial charge is 0.335 e. The molecule has 0 atom stereocenters. The van der Waals surface area contributed by atoms with E-state index in [1.165, 1.54) is 63.1 Å². The Morgan fingerprint density at radius 3 is 1.79 bits per heavy atom. The fraction of sp³-hybridized carbons (Fsp3) is 0.556. The first-order chi connectivity index (χ1) is 11.4. The van der Waals surface area contributed by atoms with Crippen LogP contribution in [0.3, 0.4) is 0 Å². The minimum Gasteiger partial charge on any atom is -0.478 e. The van der Waals surface area contributed by atoms with E-state index in [-0.39, 0.29) is 17.3 Å². The molecule has 0 radical (unpaired) electrons. The SMILES string of the molecule is CCCCCCCCCC(N)N.O=C(O)c1cccc(C(=O)O)c1. The largest absolute Gasteiger partial charge is 0.478 e. The van der Waals surface area contributed by atoms with E-state index >= 15 is 0 Å². The van der Waals surface area contributed by atoms with Crippen molar-refractivity contribution in [2.75, 3.05) is 0 Å². The van der Waals surface area contributed by atoms with Gasteiger partial charge in [-0.15, -0.1) is 0 Å². The minimum absolute atomic E-state index is 0.0186. The molecule has 0 aliphatic rings. The van der Waals surface area contributed by atoms with E-state index in [0.29, 0.717) is 0 Å². The van der Waals surface area contributed by atoms with Crippen molar-refractivity contribution in [3.63, 3.8) is 0 Å². The first kappa shape index (κ1) is 22.1. The molecule has 1 rings (SSSR count). The van der Waals surface area contributed by atoms with Crippen molar-refractivity contribution in [2.45, 2.75) is 64.5 Å². The summed E-state index contributed by atoms with van der Waals surface area (Å²) in [7, 11) is 0. The second-order valence-corrected chi connectivity index (χ2v) is 5.76. The molecule has 0 saturated carbocycles. The molecule has 1 aromatic carbocycles. The minimum atomic E-state index is -1.13. The summed E-state index contributed by atoms with van der Waals surface area (Å²) < 4.78 is 0. The number of carbonyl (C=O) groups is 2. The summed E-state index contributed by atoms with van der Waals surface area (Å²) in [5.74, 6) is -2.25. The van der Waals surface area contributed by atoms with Gasteiger partial charge in [0.15, 0.2) is 0 Å². The first-order valence-electron chi connectivity index (χ1n) is 8.46. The molecule has 0 bridgehead atoms. The van der Waals surface area contributed by atoms with Gasteiger partial charge in [-0.25, -0.2) is 9.59 Å². The van der Waals surface area contributed by atoms with Crippen LogP contribution in [-0.2, 0) is 0 Å². The number of nitrogens with two attached hydrogens (primary N) is 2. The topological polar surface area (TPSA) is 127 Å². The number of aromatic carboxylic acids is 2. The van der Waals surface area contributed by atoms with Crippen LogP contribution < -0.4 is 11.5 Å². The number of hydrogen-bond acceptors (Lipinski definition) is 4. The molecule has 6 N–H and O–H groups in total. The average Bonchev–Trinajstić information content (AvgIpc) is 2.54. The zero-order valence-corrected chi connectivity index (χ0v) is 14.4. The predicted octanol–water partition coefficient (Wildman–Crippen LogP) is 3.45. The van der Waals surface area contributed by atoms with E-state index in [4.69, 9.17) is 21.7 Å². The van der Waals surface area contributed by atoms with Crippen molar-refractivity contribution in [2.24, 2.45) is 11.5 Å². The third-order valence-electron chi connectivity index (χ3n) is 3.50. The van der Waals surface area contributed by atoms with Crippen LogP contribution in [0.25, 0.3) is 0 Å². The zero-order chi connectivity index (χ0) is 18.4. The summed E-state index contributed by atoms with van der Waals surface area (Å²) in [5.41, 5.74) is 10.8. The highest BCUT2D eigenvalue weighted by Gasteiger charge is 2.06. The van der Waals surface area contributed by atoms with E-state index < -0.39 is 11.9 Å². The van der Waals surface area contributed by atoms with Crippen molar-refractivity contribution in [3.8, 4) is 0 Å². The Morgan fingerprint density at radius 1 is 0.917 bits per heavy atom. The summed E-state index contributed by atoms with van der Waals surface area (Å²) in [5, 5.41) is 17.0. The van der Waals surface area contributed by atoms with Gasteiger partial charge in [0.1, 0.15) is 0 Å². The molecule has 0 spiro atoms. The normalized spacial score (nSPS) is 10.2. The van der Waals surface area contributed by atoms with Crippen LogP contribution in [0, 0.1) is 0 Å². The maximum atomic E-state index is 10.4. The summed E-state index contributed by atoms with van der Waals surface area (Å²) in [6.07, 6.45) is 10.2. The third-order valence-corrected chi connectivity index (χ3v) is 3.50. The second kappa shape index (κ2) is 13.5. The lowest BCUT2D eigenvalue weighted by Crippen LogP contribution is -2.29. The van der Waals surface area contributed by atoms with Gasteiger partial charge in [0, 0.05) is 0 Å². The molecule has 1 aromatic rings. The Labute approximate surface area is 143 Å². The fourth-order valence-electron chi connectivity index (χ4n) is 2.12. The Bertz CT molecular complexity index is 460. The van der Waals surface area contributed by atoms with Gasteiger partial charge in [-0.05, 0) is 24.6 Å². The van der Waals surface area contributed by atoms with Gasteiger partial charge in [0.2, 0.25) is 0 Å². The molecule has 0 saturated heterocycles. The molecule has 24 heavy (non-hydrogen) atoms. The van der Waals surface area contributed by atoms with Crippen LogP contribution in [0.4, 0.5) is 0 Å². The Morgan fingerprint density at radius 2 is 1.38 bits per heavy atom. The van der Waals surface area contributed by atoms with Gasteiger partial charge < -0.3 is 21.7 Å². The number of carboxylic acids is 2. The van der Waals surface area contributed by atoms with Gasteiger partial charge in [-0.3, -0.25) is 0 Å².